The number of hydrogen-bond acceptors (Lipinski definition) is 7. The molecule has 0 fully saturated rings. The fourth-order valence-electron chi connectivity index (χ4n) is 3.33. The molecular weight excluding hydrogens is 517 g/mol. The SMILES string of the molecule is CNc1cc2ccn(-c3ccc(NC(=O)NS(=O)(=O)c4ccc(Cl)s4)cc3C#N)c(=O)c2cc1F. The summed E-state index contributed by atoms with van der Waals surface area (Å²) in [7, 11) is -2.57. The Kier molecular flexibility index (Phi) is 6.49. The van der Waals surface area contributed by atoms with E-state index in [-0.39, 0.29) is 36.6 Å². The summed E-state index contributed by atoms with van der Waals surface area (Å²) in [5.74, 6) is -0.597. The average Bonchev–Trinajstić information content (AvgIpc) is 3.26. The second-order valence-electron chi connectivity index (χ2n) is 7.12. The second kappa shape index (κ2) is 9.38. The van der Waals surface area contributed by atoms with E-state index in [1.165, 1.54) is 47.2 Å². The number of hydrogen-bond donors (Lipinski definition) is 3. The van der Waals surface area contributed by atoms with Crippen molar-refractivity contribution in [3.63, 3.8) is 0 Å². The number of fused-ring (bicyclic) bond motifs is 1. The molecule has 2 aromatic heterocycles. The van der Waals surface area contributed by atoms with Crippen molar-refractivity contribution in [2.75, 3.05) is 17.7 Å². The highest BCUT2D eigenvalue weighted by atomic mass is 35.5. The van der Waals surface area contributed by atoms with Crippen LogP contribution in [-0.2, 0) is 10.0 Å². The topological polar surface area (TPSA) is 133 Å². The minimum Gasteiger partial charge on any atom is -0.386 e. The zero-order valence-corrected chi connectivity index (χ0v) is 20.2. The highest BCUT2D eigenvalue weighted by Crippen LogP contribution is 2.26. The fourth-order valence-corrected chi connectivity index (χ4v) is 5.72. The molecule has 4 aromatic rings. The van der Waals surface area contributed by atoms with Crippen molar-refractivity contribution in [2.45, 2.75) is 4.21 Å². The van der Waals surface area contributed by atoms with E-state index in [2.05, 4.69) is 10.6 Å². The zero-order chi connectivity index (χ0) is 25.3. The third kappa shape index (κ3) is 4.83. The van der Waals surface area contributed by atoms with E-state index in [4.69, 9.17) is 11.6 Å². The molecule has 2 amide bonds. The minimum atomic E-state index is -4.13. The largest absolute Gasteiger partial charge is 0.386 e. The molecular formula is C22H15ClFN5O4S2. The first-order valence-corrected chi connectivity index (χ1v) is 12.5. The molecule has 9 nitrogen and oxygen atoms in total. The summed E-state index contributed by atoms with van der Waals surface area (Å²) in [5.41, 5.74) is 0.0273. The Morgan fingerprint density at radius 3 is 2.60 bits per heavy atom. The van der Waals surface area contributed by atoms with Crippen LogP contribution < -0.4 is 20.9 Å². The van der Waals surface area contributed by atoms with Crippen LogP contribution >= 0.6 is 22.9 Å². The Morgan fingerprint density at radius 2 is 1.94 bits per heavy atom. The van der Waals surface area contributed by atoms with Crippen molar-refractivity contribution in [3.05, 3.63) is 80.8 Å². The third-order valence-electron chi connectivity index (χ3n) is 4.94. The molecule has 0 radical (unpaired) electrons. The number of rotatable bonds is 5. The Morgan fingerprint density at radius 1 is 1.17 bits per heavy atom. The number of carbonyl (C=O) groups excluding carboxylic acids is 1. The smallest absolute Gasteiger partial charge is 0.333 e. The minimum absolute atomic E-state index is 0.0180. The van der Waals surface area contributed by atoms with Crippen LogP contribution in [0.1, 0.15) is 5.56 Å². The van der Waals surface area contributed by atoms with Gasteiger partial charge >= 0.3 is 6.03 Å². The van der Waals surface area contributed by atoms with E-state index in [1.54, 1.807) is 13.1 Å². The molecule has 0 bridgehead atoms. The normalized spacial score (nSPS) is 11.1. The van der Waals surface area contributed by atoms with Gasteiger partial charge in [0.25, 0.3) is 15.6 Å². The summed E-state index contributed by atoms with van der Waals surface area (Å²) in [6.07, 6.45) is 1.46. The molecule has 0 saturated heterocycles. The number of nitrogens with one attached hydrogen (secondary N) is 3. The number of carbonyl (C=O) groups is 1. The Labute approximate surface area is 207 Å². The average molecular weight is 532 g/mol. The predicted molar refractivity (Wildman–Crippen MR) is 132 cm³/mol. The Hall–Kier alpha value is -3.92. The number of nitrogens with zero attached hydrogens (tertiary/aromatic N) is 2. The van der Waals surface area contributed by atoms with Crippen molar-refractivity contribution >= 4 is 61.1 Å². The maximum atomic E-state index is 14.2. The molecule has 0 spiro atoms. The summed E-state index contributed by atoms with van der Waals surface area (Å²) >= 11 is 6.53. The van der Waals surface area contributed by atoms with Gasteiger partial charge in [0.05, 0.1) is 26.7 Å². The van der Waals surface area contributed by atoms with Crippen LogP contribution in [0.2, 0.25) is 4.34 Å². The van der Waals surface area contributed by atoms with Crippen LogP contribution in [-0.4, -0.2) is 26.1 Å². The van der Waals surface area contributed by atoms with Crippen LogP contribution in [0, 0.1) is 17.1 Å². The number of sulfonamides is 1. The highest BCUT2D eigenvalue weighted by molar-refractivity contribution is 7.92. The van der Waals surface area contributed by atoms with Gasteiger partial charge in [0, 0.05) is 18.9 Å². The summed E-state index contributed by atoms with van der Waals surface area (Å²) in [5, 5.41) is 15.3. The van der Waals surface area contributed by atoms with Gasteiger partial charge in [0.2, 0.25) is 0 Å². The van der Waals surface area contributed by atoms with E-state index in [0.29, 0.717) is 5.39 Å². The van der Waals surface area contributed by atoms with Gasteiger partial charge in [-0.2, -0.15) is 5.26 Å². The van der Waals surface area contributed by atoms with Crippen molar-refractivity contribution < 1.29 is 17.6 Å². The number of benzene rings is 2. The highest BCUT2D eigenvalue weighted by Gasteiger charge is 2.20. The molecule has 0 unspecified atom stereocenters. The lowest BCUT2D eigenvalue weighted by Gasteiger charge is -2.12. The van der Waals surface area contributed by atoms with E-state index < -0.39 is 27.4 Å². The number of nitriles is 1. The molecule has 0 aliphatic rings. The number of amides is 2. The van der Waals surface area contributed by atoms with Crippen LogP contribution in [0.15, 0.2) is 63.7 Å². The van der Waals surface area contributed by atoms with Crippen molar-refractivity contribution in [1.29, 1.82) is 5.26 Å². The number of pyridine rings is 1. The lowest BCUT2D eigenvalue weighted by atomic mass is 10.1. The molecule has 13 heteroatoms. The van der Waals surface area contributed by atoms with Crippen LogP contribution in [0.5, 0.6) is 0 Å². The molecule has 0 aliphatic carbocycles. The molecule has 178 valence electrons. The quantitative estimate of drug-likeness (QED) is 0.352. The van der Waals surface area contributed by atoms with Gasteiger partial charge in [-0.25, -0.2) is 22.3 Å². The summed E-state index contributed by atoms with van der Waals surface area (Å²) in [6.45, 7) is 0. The van der Waals surface area contributed by atoms with E-state index in [0.717, 1.165) is 17.4 Å². The van der Waals surface area contributed by atoms with Gasteiger partial charge in [-0.3, -0.25) is 9.36 Å². The fraction of sp³-hybridized carbons (Fsp3) is 0.0455. The lowest BCUT2D eigenvalue weighted by molar-refractivity contribution is 0.256. The first kappa shape index (κ1) is 24.2. The van der Waals surface area contributed by atoms with Crippen LogP contribution in [0.4, 0.5) is 20.6 Å². The molecule has 0 saturated carbocycles. The summed E-state index contributed by atoms with van der Waals surface area (Å²) in [4.78, 5) is 25.3. The lowest BCUT2D eigenvalue weighted by Crippen LogP contribution is -2.34. The van der Waals surface area contributed by atoms with Gasteiger partial charge in [-0.05, 0) is 53.9 Å². The number of aromatic nitrogens is 1. The molecule has 35 heavy (non-hydrogen) atoms. The van der Waals surface area contributed by atoms with E-state index in [9.17, 15) is 27.7 Å². The van der Waals surface area contributed by atoms with Crippen LogP contribution in [0.25, 0.3) is 16.5 Å². The number of anilines is 2. The van der Waals surface area contributed by atoms with Gasteiger partial charge in [-0.15, -0.1) is 11.3 Å². The van der Waals surface area contributed by atoms with Gasteiger partial charge in [0.1, 0.15) is 16.1 Å². The maximum Gasteiger partial charge on any atom is 0.333 e. The molecule has 4 rings (SSSR count). The Bertz CT molecular complexity index is 1690. The van der Waals surface area contributed by atoms with Gasteiger partial charge in [0.15, 0.2) is 0 Å². The third-order valence-corrected chi connectivity index (χ3v) is 7.99. The van der Waals surface area contributed by atoms with Crippen LogP contribution in [0.3, 0.4) is 0 Å². The molecule has 2 heterocycles. The van der Waals surface area contributed by atoms with E-state index >= 15 is 0 Å². The Balaban J connectivity index is 1.63. The van der Waals surface area contributed by atoms with Gasteiger partial charge < -0.3 is 10.6 Å². The number of thiophene rings is 1. The predicted octanol–water partition coefficient (Wildman–Crippen LogP) is 4.27. The van der Waals surface area contributed by atoms with Crippen molar-refractivity contribution in [3.8, 4) is 11.8 Å². The number of urea groups is 1. The molecule has 2 aromatic carbocycles. The first-order valence-electron chi connectivity index (χ1n) is 9.79. The van der Waals surface area contributed by atoms with Gasteiger partial charge in [-0.1, -0.05) is 11.6 Å². The van der Waals surface area contributed by atoms with Crippen molar-refractivity contribution in [2.24, 2.45) is 0 Å². The molecule has 3 N–H and O–H groups in total. The maximum absolute atomic E-state index is 14.2. The first-order chi connectivity index (χ1) is 16.6. The monoisotopic (exact) mass is 531 g/mol. The summed E-state index contributed by atoms with van der Waals surface area (Å²) in [6, 6.07) is 11.9. The standard InChI is InChI=1S/C22H15ClFN5O4S2/c1-26-17-9-12-6-7-29(21(30)15(12)10-16(17)24)18-3-2-14(8-13(18)11-25)27-22(31)28-35(32,33)20-5-4-19(23)34-20/h2-10,26H,1H3,(H2,27,28,31). The molecule has 0 atom stereocenters. The summed E-state index contributed by atoms with van der Waals surface area (Å²) < 4.78 is 41.9. The zero-order valence-electron chi connectivity index (χ0n) is 17.8. The van der Waals surface area contributed by atoms with Crippen molar-refractivity contribution in [1.82, 2.24) is 9.29 Å². The van der Waals surface area contributed by atoms with E-state index in [1.807, 2.05) is 10.8 Å². The molecule has 0 aliphatic heterocycles. The second-order valence-corrected chi connectivity index (χ2v) is 10.7. The number of halogens is 2.